The molecule has 2 aliphatic rings. The molecule has 0 fully saturated rings. The van der Waals surface area contributed by atoms with Gasteiger partial charge in [-0.25, -0.2) is 0 Å². The molecule has 0 saturated heterocycles. The second-order valence-corrected chi connectivity index (χ2v) is 9.32. The number of hydrogen-bond acceptors (Lipinski definition) is 12. The molecule has 39 heavy (non-hydrogen) atoms. The molecule has 1 aliphatic heterocycles. The molecule has 2 aromatic carbocycles. The number of benzene rings is 2. The number of nitrogens with one attached hydrogen (secondary N) is 2. The van der Waals surface area contributed by atoms with E-state index in [9.17, 15) is 29.7 Å². The Morgan fingerprint density at radius 1 is 1.13 bits per heavy atom. The molecule has 13 nitrogen and oxygen atoms in total. The Hall–Kier alpha value is -5.20. The van der Waals surface area contributed by atoms with Gasteiger partial charge in [-0.1, -0.05) is 0 Å². The fourth-order valence-electron chi connectivity index (χ4n) is 4.90. The number of hydrogen-bond donors (Lipinski definition) is 5. The van der Waals surface area contributed by atoms with Crippen LogP contribution in [0.1, 0.15) is 42.3 Å². The average Bonchev–Trinajstić information content (AvgIpc) is 3.51. The van der Waals surface area contributed by atoms with Gasteiger partial charge in [0.1, 0.15) is 34.0 Å². The first-order valence-corrected chi connectivity index (χ1v) is 11.6. The normalized spacial score (nSPS) is 19.2. The summed E-state index contributed by atoms with van der Waals surface area (Å²) < 4.78 is 11.0. The molecule has 0 saturated carbocycles. The van der Waals surface area contributed by atoms with Crippen molar-refractivity contribution in [2.24, 2.45) is 0 Å². The lowest BCUT2D eigenvalue weighted by molar-refractivity contribution is -0.123. The Morgan fingerprint density at radius 2 is 1.85 bits per heavy atom. The number of methoxy groups -OCH3 is 1. The van der Waals surface area contributed by atoms with Crippen LogP contribution < -0.4 is 14.8 Å². The first-order chi connectivity index (χ1) is 18.4. The summed E-state index contributed by atoms with van der Waals surface area (Å²) in [5, 5.41) is 48.8. The van der Waals surface area contributed by atoms with Gasteiger partial charge in [-0.15, -0.1) is 10.2 Å². The van der Waals surface area contributed by atoms with Gasteiger partial charge in [0, 0.05) is 22.9 Å². The average molecular weight is 533 g/mol. The van der Waals surface area contributed by atoms with Crippen LogP contribution in [0.4, 0.5) is 5.69 Å². The van der Waals surface area contributed by atoms with Gasteiger partial charge in [-0.2, -0.15) is 5.21 Å². The number of ketones is 3. The smallest absolute Gasteiger partial charge is 0.204 e. The summed E-state index contributed by atoms with van der Waals surface area (Å²) in [6.07, 6.45) is 1.10. The number of H-pyrrole nitrogens is 1. The molecule has 5 rings (SSSR count). The molecule has 13 heteroatoms. The lowest BCUT2D eigenvalue weighted by atomic mass is 9.70. The molecule has 1 aliphatic carbocycles. The number of tetrazole rings is 1. The zero-order valence-corrected chi connectivity index (χ0v) is 21.5. The second-order valence-electron chi connectivity index (χ2n) is 9.32. The van der Waals surface area contributed by atoms with Gasteiger partial charge in [-0.05, 0) is 45.0 Å². The molecular formula is C26H23N5O8. The number of aromatic hydroxyl groups is 3. The van der Waals surface area contributed by atoms with Crippen LogP contribution in [0.2, 0.25) is 0 Å². The van der Waals surface area contributed by atoms with Crippen molar-refractivity contribution in [1.82, 2.24) is 20.6 Å². The van der Waals surface area contributed by atoms with Gasteiger partial charge in [-0.3, -0.25) is 14.4 Å². The Balaban J connectivity index is 1.65. The molecule has 2 heterocycles. The number of Topliss-reactive ketones (excluding diaryl/α,β-unsaturated/α-hetero) is 2. The largest absolute Gasteiger partial charge is 0.507 e. The van der Waals surface area contributed by atoms with Crippen LogP contribution in [0.5, 0.6) is 28.7 Å². The molecular weight excluding hydrogens is 510 g/mol. The topological polar surface area (TPSA) is 197 Å². The number of fused-ring (bicyclic) bond motifs is 3. The highest BCUT2D eigenvalue weighted by Gasteiger charge is 2.56. The van der Waals surface area contributed by atoms with E-state index in [1.807, 2.05) is 0 Å². The Morgan fingerprint density at radius 3 is 2.46 bits per heavy atom. The van der Waals surface area contributed by atoms with E-state index in [2.05, 4.69) is 25.9 Å². The number of phenolic OH excluding ortho intramolecular Hbond substituents is 3. The van der Waals surface area contributed by atoms with Crippen molar-refractivity contribution in [3.63, 3.8) is 0 Å². The number of allylic oxidation sites excluding steroid dienone is 4. The Kier molecular flexibility index (Phi) is 5.67. The first-order valence-electron chi connectivity index (χ1n) is 11.6. The zero-order chi connectivity index (χ0) is 28.4. The molecule has 0 amide bonds. The van der Waals surface area contributed by atoms with Gasteiger partial charge in [0.25, 0.3) is 0 Å². The van der Waals surface area contributed by atoms with Gasteiger partial charge in [0.15, 0.2) is 28.8 Å². The van der Waals surface area contributed by atoms with Crippen molar-refractivity contribution in [3.05, 3.63) is 51.9 Å². The third-order valence-corrected chi connectivity index (χ3v) is 6.98. The van der Waals surface area contributed by atoms with E-state index >= 15 is 0 Å². The quantitative estimate of drug-likeness (QED) is 0.139. The highest BCUT2D eigenvalue weighted by Crippen LogP contribution is 2.57. The SMILES string of the molecule is COc1cc(-c2nn[nH]n2)cc(NC(C)=C2C(=O)C=C3Oc4c(C(C)=O)c(O)c(C)c(O)c4[C@@]3(C)C2=O)c1O. The van der Waals surface area contributed by atoms with E-state index in [1.165, 1.54) is 46.9 Å². The summed E-state index contributed by atoms with van der Waals surface area (Å²) in [7, 11) is 1.35. The summed E-state index contributed by atoms with van der Waals surface area (Å²) in [6.45, 7) is 5.55. The van der Waals surface area contributed by atoms with Crippen molar-refractivity contribution in [3.8, 4) is 40.1 Å². The van der Waals surface area contributed by atoms with E-state index in [0.29, 0.717) is 5.56 Å². The number of ether oxygens (including phenoxy) is 2. The standard InChI is InChI=1S/C26H23N5O8/c1-9-20(34)18(11(3)32)23-19(21(9)35)26(4)16(39-23)8-14(33)17(24(26)37)10(2)27-13-6-12(25-28-30-31-29-25)7-15(38-5)22(13)36/h6-8,27,34-36H,1-5H3,(H,28,29,30,31)/t26-/m0/s1. The van der Waals surface area contributed by atoms with Crippen molar-refractivity contribution in [1.29, 1.82) is 0 Å². The number of carbonyl (C=O) groups excluding carboxylic acids is 3. The third kappa shape index (κ3) is 3.54. The lowest BCUT2D eigenvalue weighted by Crippen LogP contribution is -2.40. The summed E-state index contributed by atoms with van der Waals surface area (Å²) in [5.41, 5.74) is -1.59. The van der Waals surface area contributed by atoms with E-state index in [0.717, 1.165) is 6.08 Å². The van der Waals surface area contributed by atoms with Crippen LogP contribution in [-0.2, 0) is 15.0 Å². The second kappa shape index (κ2) is 8.68. The van der Waals surface area contributed by atoms with Crippen LogP contribution >= 0.6 is 0 Å². The number of carbonyl (C=O) groups is 3. The van der Waals surface area contributed by atoms with Crippen LogP contribution in [0.3, 0.4) is 0 Å². The molecule has 0 bridgehead atoms. The van der Waals surface area contributed by atoms with E-state index in [4.69, 9.17) is 9.47 Å². The number of nitrogens with zero attached hydrogens (tertiary/aromatic N) is 3. The van der Waals surface area contributed by atoms with Crippen LogP contribution in [-0.4, -0.2) is 60.4 Å². The lowest BCUT2D eigenvalue weighted by Gasteiger charge is -2.29. The number of rotatable bonds is 5. The molecule has 200 valence electrons. The van der Waals surface area contributed by atoms with Gasteiger partial charge < -0.3 is 30.1 Å². The van der Waals surface area contributed by atoms with Crippen LogP contribution in [0.25, 0.3) is 11.4 Å². The molecule has 0 unspecified atom stereocenters. The minimum atomic E-state index is -1.68. The molecule has 0 radical (unpaired) electrons. The third-order valence-electron chi connectivity index (χ3n) is 6.98. The number of aromatic amines is 1. The minimum absolute atomic E-state index is 0.00889. The van der Waals surface area contributed by atoms with Crippen molar-refractivity contribution in [2.45, 2.75) is 33.1 Å². The van der Waals surface area contributed by atoms with Crippen molar-refractivity contribution < 1.29 is 39.2 Å². The summed E-state index contributed by atoms with van der Waals surface area (Å²) in [4.78, 5) is 39.6. The fraction of sp³-hybridized carbons (Fsp3) is 0.231. The predicted molar refractivity (Wildman–Crippen MR) is 135 cm³/mol. The van der Waals surface area contributed by atoms with Crippen LogP contribution in [0, 0.1) is 6.92 Å². The van der Waals surface area contributed by atoms with E-state index in [1.54, 1.807) is 0 Å². The molecule has 5 N–H and O–H groups in total. The molecule has 0 spiro atoms. The Labute approximate surface area is 220 Å². The van der Waals surface area contributed by atoms with Gasteiger partial charge >= 0.3 is 0 Å². The predicted octanol–water partition coefficient (Wildman–Crippen LogP) is 2.58. The molecule has 1 aromatic heterocycles. The Bertz CT molecular complexity index is 1670. The maximum Gasteiger partial charge on any atom is 0.204 e. The van der Waals surface area contributed by atoms with Crippen molar-refractivity contribution in [2.75, 3.05) is 12.4 Å². The minimum Gasteiger partial charge on any atom is -0.507 e. The highest BCUT2D eigenvalue weighted by molar-refractivity contribution is 6.31. The maximum absolute atomic E-state index is 14.0. The maximum atomic E-state index is 14.0. The van der Waals surface area contributed by atoms with Crippen molar-refractivity contribution >= 4 is 23.0 Å². The van der Waals surface area contributed by atoms with Gasteiger partial charge in [0.05, 0.1) is 23.9 Å². The summed E-state index contributed by atoms with van der Waals surface area (Å²) in [6, 6.07) is 2.97. The number of aromatic nitrogens is 4. The summed E-state index contributed by atoms with van der Waals surface area (Å²) >= 11 is 0. The van der Waals surface area contributed by atoms with E-state index < -0.39 is 34.3 Å². The highest BCUT2D eigenvalue weighted by atomic mass is 16.5. The van der Waals surface area contributed by atoms with Crippen LogP contribution in [0.15, 0.2) is 35.2 Å². The fourth-order valence-corrected chi connectivity index (χ4v) is 4.90. The monoisotopic (exact) mass is 533 g/mol. The zero-order valence-electron chi connectivity index (χ0n) is 21.5. The molecule has 1 atom stereocenters. The first kappa shape index (κ1) is 25.4. The van der Waals surface area contributed by atoms with Gasteiger partial charge in [0.2, 0.25) is 5.82 Å². The summed E-state index contributed by atoms with van der Waals surface area (Å²) in [5.74, 6) is -3.15. The number of anilines is 1. The number of phenols is 3. The molecule has 3 aromatic rings. The van der Waals surface area contributed by atoms with E-state index in [-0.39, 0.29) is 62.5 Å².